The van der Waals surface area contributed by atoms with Crippen molar-refractivity contribution in [2.75, 3.05) is 11.9 Å². The minimum Gasteiger partial charge on any atom is -0.454 e. The predicted octanol–water partition coefficient (Wildman–Crippen LogP) is 2.65. The molecule has 0 unspecified atom stereocenters. The van der Waals surface area contributed by atoms with Crippen LogP contribution in [0.25, 0.3) is 0 Å². The second kappa shape index (κ2) is 9.17. The fraction of sp³-hybridized carbons (Fsp3) is 0.235. The van der Waals surface area contributed by atoms with Crippen LogP contribution in [-0.4, -0.2) is 29.7 Å². The first-order valence-corrected chi connectivity index (χ1v) is 7.82. The van der Waals surface area contributed by atoms with Gasteiger partial charge in [-0.25, -0.2) is 0 Å². The summed E-state index contributed by atoms with van der Waals surface area (Å²) in [6.07, 6.45) is -4.23. The molecule has 1 heterocycles. The lowest BCUT2D eigenvalue weighted by Gasteiger charge is -2.11. The minimum absolute atomic E-state index is 0.129. The van der Waals surface area contributed by atoms with Crippen LogP contribution in [0.3, 0.4) is 0 Å². The number of halogens is 5. The molecule has 1 aromatic carbocycles. The molecule has 2 rings (SSSR count). The Bertz CT molecular complexity index is 925. The van der Waals surface area contributed by atoms with Crippen molar-refractivity contribution in [2.24, 2.45) is 0 Å². The van der Waals surface area contributed by atoms with Crippen LogP contribution in [0.2, 0.25) is 0 Å². The Hall–Kier alpha value is -3.44. The van der Waals surface area contributed by atoms with Gasteiger partial charge in [0.15, 0.2) is 6.61 Å². The Kier molecular flexibility index (Phi) is 6.91. The van der Waals surface area contributed by atoms with Gasteiger partial charge in [-0.05, 0) is 30.3 Å². The molecule has 1 aromatic heterocycles. The zero-order valence-electron chi connectivity index (χ0n) is 14.4. The number of hydrogen-bond acceptors (Lipinski definition) is 5. The number of nitrogens with zero attached hydrogens (tertiary/aromatic N) is 1. The Morgan fingerprint density at radius 2 is 1.72 bits per heavy atom. The summed E-state index contributed by atoms with van der Waals surface area (Å²) in [6, 6.07) is 6.11. The number of esters is 1. The van der Waals surface area contributed by atoms with Gasteiger partial charge in [0.1, 0.15) is 12.3 Å². The van der Waals surface area contributed by atoms with E-state index in [1.54, 1.807) is 0 Å². The molecule has 0 spiro atoms. The van der Waals surface area contributed by atoms with E-state index in [0.717, 1.165) is 0 Å². The van der Waals surface area contributed by atoms with Gasteiger partial charge in [-0.2, -0.15) is 22.0 Å². The van der Waals surface area contributed by atoms with Crippen LogP contribution in [0.15, 0.2) is 47.4 Å². The number of alkyl halides is 5. The molecule has 0 atom stereocenters. The van der Waals surface area contributed by atoms with Crippen LogP contribution in [0.5, 0.6) is 5.75 Å². The van der Waals surface area contributed by atoms with Crippen LogP contribution < -0.4 is 15.6 Å². The van der Waals surface area contributed by atoms with E-state index in [0.29, 0.717) is 22.9 Å². The number of amides is 1. The molecule has 0 radical (unpaired) electrons. The maximum Gasteiger partial charge on any atom is 0.417 e. The molecule has 0 aliphatic heterocycles. The summed E-state index contributed by atoms with van der Waals surface area (Å²) < 4.78 is 71.3. The number of pyridine rings is 1. The predicted molar refractivity (Wildman–Crippen MR) is 88.4 cm³/mol. The van der Waals surface area contributed by atoms with Crippen LogP contribution in [-0.2, 0) is 27.0 Å². The van der Waals surface area contributed by atoms with Gasteiger partial charge in [0, 0.05) is 18.0 Å². The number of aromatic nitrogens is 1. The van der Waals surface area contributed by atoms with E-state index in [4.69, 9.17) is 0 Å². The van der Waals surface area contributed by atoms with Gasteiger partial charge in [-0.3, -0.25) is 14.4 Å². The molecule has 1 N–H and O–H groups in total. The summed E-state index contributed by atoms with van der Waals surface area (Å²) in [4.78, 5) is 35.0. The van der Waals surface area contributed by atoms with Crippen molar-refractivity contribution in [3.8, 4) is 5.75 Å². The van der Waals surface area contributed by atoms with Crippen molar-refractivity contribution in [1.29, 1.82) is 0 Å². The standard InChI is InChI=1S/C17H13F5N2O5/c18-16(19)29-12-4-2-11(3-5-12)23-13(25)9-28-15(27)8-24-7-10(17(20,21)22)1-6-14(24)26/h1-7,16H,8-9H2,(H,23,25). The zero-order chi connectivity index (χ0) is 21.6. The third-order valence-electron chi connectivity index (χ3n) is 3.34. The molecule has 0 aliphatic carbocycles. The molecule has 1 amide bonds. The number of rotatable bonds is 7. The molecule has 0 bridgehead atoms. The third kappa shape index (κ3) is 6.90. The molecule has 12 heteroatoms. The van der Waals surface area contributed by atoms with E-state index in [1.165, 1.54) is 24.3 Å². The van der Waals surface area contributed by atoms with E-state index in [1.807, 2.05) is 0 Å². The molecule has 2 aromatic rings. The molecular formula is C17H13F5N2O5. The SMILES string of the molecule is O=C(COC(=O)Cn1cc(C(F)(F)F)ccc1=O)Nc1ccc(OC(F)F)cc1. The minimum atomic E-state index is -4.70. The van der Waals surface area contributed by atoms with Crippen molar-refractivity contribution >= 4 is 17.6 Å². The highest BCUT2D eigenvalue weighted by Crippen LogP contribution is 2.28. The lowest BCUT2D eigenvalue weighted by Crippen LogP contribution is -2.28. The second-order valence-electron chi connectivity index (χ2n) is 5.49. The molecule has 156 valence electrons. The van der Waals surface area contributed by atoms with E-state index in [-0.39, 0.29) is 11.4 Å². The van der Waals surface area contributed by atoms with Crippen molar-refractivity contribution in [3.63, 3.8) is 0 Å². The van der Waals surface area contributed by atoms with Crippen molar-refractivity contribution in [1.82, 2.24) is 4.57 Å². The number of carbonyl (C=O) groups is 2. The molecular weight excluding hydrogens is 407 g/mol. The Morgan fingerprint density at radius 3 is 2.31 bits per heavy atom. The number of benzene rings is 1. The van der Waals surface area contributed by atoms with Gasteiger partial charge >= 0.3 is 18.8 Å². The highest BCUT2D eigenvalue weighted by atomic mass is 19.4. The maximum atomic E-state index is 12.7. The number of hydrogen-bond donors (Lipinski definition) is 1. The monoisotopic (exact) mass is 420 g/mol. The lowest BCUT2D eigenvalue weighted by atomic mass is 10.3. The van der Waals surface area contributed by atoms with Gasteiger partial charge in [-0.15, -0.1) is 0 Å². The summed E-state index contributed by atoms with van der Waals surface area (Å²) in [5.74, 6) is -2.03. The summed E-state index contributed by atoms with van der Waals surface area (Å²) >= 11 is 0. The molecule has 0 saturated heterocycles. The quantitative estimate of drug-likeness (QED) is 0.550. The maximum absolute atomic E-state index is 12.7. The van der Waals surface area contributed by atoms with Gasteiger partial charge in [0.2, 0.25) is 0 Å². The summed E-state index contributed by atoms with van der Waals surface area (Å²) in [7, 11) is 0. The topological polar surface area (TPSA) is 86.6 Å². The first-order chi connectivity index (χ1) is 13.5. The molecule has 0 aliphatic rings. The molecule has 7 nitrogen and oxygen atoms in total. The Morgan fingerprint density at radius 1 is 1.07 bits per heavy atom. The number of carbonyl (C=O) groups excluding carboxylic acids is 2. The van der Waals surface area contributed by atoms with Gasteiger partial charge in [-0.1, -0.05) is 0 Å². The van der Waals surface area contributed by atoms with Crippen molar-refractivity contribution in [3.05, 3.63) is 58.5 Å². The smallest absolute Gasteiger partial charge is 0.417 e. The number of nitrogens with one attached hydrogen (secondary N) is 1. The average Bonchev–Trinajstić information content (AvgIpc) is 2.62. The van der Waals surface area contributed by atoms with Crippen molar-refractivity contribution < 1.29 is 41.0 Å². The van der Waals surface area contributed by atoms with Gasteiger partial charge in [0.05, 0.1) is 5.56 Å². The van der Waals surface area contributed by atoms with E-state index in [9.17, 15) is 36.3 Å². The normalized spacial score (nSPS) is 11.2. The second-order valence-corrected chi connectivity index (χ2v) is 5.49. The highest BCUT2D eigenvalue weighted by molar-refractivity contribution is 5.92. The molecule has 0 saturated carbocycles. The van der Waals surface area contributed by atoms with Crippen molar-refractivity contribution in [2.45, 2.75) is 19.3 Å². The molecule has 0 fully saturated rings. The number of ether oxygens (including phenoxy) is 2. The van der Waals surface area contributed by atoms with Crippen LogP contribution in [0.4, 0.5) is 27.6 Å². The van der Waals surface area contributed by atoms with E-state index >= 15 is 0 Å². The summed E-state index contributed by atoms with van der Waals surface area (Å²) in [5, 5.41) is 2.31. The van der Waals surface area contributed by atoms with E-state index < -0.39 is 48.9 Å². The van der Waals surface area contributed by atoms with Gasteiger partial charge < -0.3 is 19.4 Å². The number of anilines is 1. The fourth-order valence-corrected chi connectivity index (χ4v) is 2.07. The summed E-state index contributed by atoms with van der Waals surface area (Å²) in [6.45, 7) is -4.60. The largest absolute Gasteiger partial charge is 0.454 e. The average molecular weight is 420 g/mol. The summed E-state index contributed by atoms with van der Waals surface area (Å²) in [5.41, 5.74) is -1.78. The van der Waals surface area contributed by atoms with Gasteiger partial charge in [0.25, 0.3) is 11.5 Å². The zero-order valence-corrected chi connectivity index (χ0v) is 14.4. The highest BCUT2D eigenvalue weighted by Gasteiger charge is 2.31. The first-order valence-electron chi connectivity index (χ1n) is 7.82. The Labute approximate surface area is 159 Å². The molecule has 29 heavy (non-hydrogen) atoms. The van der Waals surface area contributed by atoms with Crippen LogP contribution in [0, 0.1) is 0 Å². The Balaban J connectivity index is 1.87. The van der Waals surface area contributed by atoms with Crippen LogP contribution in [0.1, 0.15) is 5.56 Å². The van der Waals surface area contributed by atoms with Crippen LogP contribution >= 0.6 is 0 Å². The first kappa shape index (κ1) is 21.9. The lowest BCUT2D eigenvalue weighted by molar-refractivity contribution is -0.148. The fourth-order valence-electron chi connectivity index (χ4n) is 2.07. The van der Waals surface area contributed by atoms with E-state index in [2.05, 4.69) is 14.8 Å². The third-order valence-corrected chi connectivity index (χ3v) is 3.34.